The Morgan fingerprint density at radius 1 is 0.880 bits per heavy atom. The molecule has 0 radical (unpaired) electrons. The van der Waals surface area contributed by atoms with Crippen molar-refractivity contribution < 1.29 is 19.7 Å². The number of rotatable bonds is 10. The Balaban J connectivity index is 4.84. The number of unbranched alkanes of at least 4 members (excludes halogenated alkanes) is 1. The largest absolute Gasteiger partial charge is 0.481 e. The van der Waals surface area contributed by atoms with Crippen LogP contribution in [0.2, 0.25) is 0 Å². The monoisotopic (exact) mass is 358 g/mol. The maximum atomic E-state index is 11.7. The van der Waals surface area contributed by atoms with Crippen molar-refractivity contribution in [3.05, 3.63) is 0 Å². The maximum absolute atomic E-state index is 11.7. The van der Waals surface area contributed by atoms with Crippen molar-refractivity contribution in [2.75, 3.05) is 0 Å². The topological polar surface area (TPSA) is 55.8 Å². The lowest BCUT2D eigenvalue weighted by Crippen LogP contribution is -2.41. The molecule has 1 atom stereocenters. The van der Waals surface area contributed by atoms with Crippen LogP contribution in [-0.2, 0) is 14.6 Å². The summed E-state index contributed by atoms with van der Waals surface area (Å²) in [7, 11) is 0. The molecule has 0 aliphatic heterocycles. The first kappa shape index (κ1) is 24.4. The van der Waals surface area contributed by atoms with Gasteiger partial charge in [-0.05, 0) is 57.8 Å². The van der Waals surface area contributed by atoms with Crippen LogP contribution in [0.5, 0.6) is 0 Å². The van der Waals surface area contributed by atoms with Crippen molar-refractivity contribution in [2.45, 2.75) is 113 Å². The Bertz CT molecular complexity index is 411. The van der Waals surface area contributed by atoms with Gasteiger partial charge in [0.2, 0.25) is 0 Å². The molecule has 0 heterocycles. The number of carbonyl (C=O) groups is 1. The van der Waals surface area contributed by atoms with Crippen molar-refractivity contribution >= 4 is 5.97 Å². The van der Waals surface area contributed by atoms with E-state index in [2.05, 4.69) is 41.5 Å². The molecular formula is C21H42O4. The third-order valence-electron chi connectivity index (χ3n) is 4.35. The van der Waals surface area contributed by atoms with Crippen LogP contribution in [0.3, 0.4) is 0 Å². The standard InChI is InChI=1S/C21H42O4/c1-18(2,3)14-12-11-13-16(21(9,10)17(22)23)24-25-20(7,8)15-19(4,5)6/h16H,11-15H2,1-10H3,(H,22,23). The molecule has 0 aliphatic carbocycles. The summed E-state index contributed by atoms with van der Waals surface area (Å²) >= 11 is 0. The average molecular weight is 359 g/mol. The highest BCUT2D eigenvalue weighted by Gasteiger charge is 2.40. The van der Waals surface area contributed by atoms with E-state index < -0.39 is 23.1 Å². The minimum Gasteiger partial charge on any atom is -0.481 e. The van der Waals surface area contributed by atoms with Gasteiger partial charge in [-0.15, -0.1) is 0 Å². The molecule has 0 amide bonds. The Morgan fingerprint density at radius 3 is 1.80 bits per heavy atom. The highest BCUT2D eigenvalue weighted by Crippen LogP contribution is 2.34. The van der Waals surface area contributed by atoms with Gasteiger partial charge in [0.15, 0.2) is 0 Å². The van der Waals surface area contributed by atoms with Crippen molar-refractivity contribution in [1.82, 2.24) is 0 Å². The van der Waals surface area contributed by atoms with Crippen LogP contribution in [-0.4, -0.2) is 22.8 Å². The average Bonchev–Trinajstić information content (AvgIpc) is 2.32. The second-order valence-corrected chi connectivity index (χ2v) is 11.0. The van der Waals surface area contributed by atoms with E-state index >= 15 is 0 Å². The van der Waals surface area contributed by atoms with Gasteiger partial charge in [0.1, 0.15) is 6.10 Å². The lowest BCUT2D eigenvalue weighted by Gasteiger charge is -2.35. The minimum absolute atomic E-state index is 0.109. The quantitative estimate of drug-likeness (QED) is 0.285. The summed E-state index contributed by atoms with van der Waals surface area (Å²) in [5, 5.41) is 9.58. The first-order valence-electron chi connectivity index (χ1n) is 9.54. The fraction of sp³-hybridized carbons (Fsp3) is 0.952. The molecule has 4 nitrogen and oxygen atoms in total. The Morgan fingerprint density at radius 2 is 1.40 bits per heavy atom. The molecule has 0 aliphatic rings. The molecule has 0 bridgehead atoms. The Kier molecular flexibility index (Phi) is 8.64. The second-order valence-electron chi connectivity index (χ2n) is 11.0. The lowest BCUT2D eigenvalue weighted by molar-refractivity contribution is -0.393. The highest BCUT2D eigenvalue weighted by atomic mass is 17.2. The van der Waals surface area contributed by atoms with Crippen LogP contribution in [0.1, 0.15) is 101 Å². The molecule has 25 heavy (non-hydrogen) atoms. The summed E-state index contributed by atoms with van der Waals surface area (Å²) in [6.45, 7) is 20.5. The molecule has 0 rings (SSSR count). The summed E-state index contributed by atoms with van der Waals surface area (Å²) in [5.74, 6) is -0.856. The highest BCUT2D eigenvalue weighted by molar-refractivity contribution is 5.74. The normalized spacial score (nSPS) is 15.3. The first-order valence-corrected chi connectivity index (χ1v) is 9.54. The molecule has 0 spiro atoms. The molecule has 150 valence electrons. The maximum Gasteiger partial charge on any atom is 0.311 e. The predicted molar refractivity (Wildman–Crippen MR) is 103 cm³/mol. The van der Waals surface area contributed by atoms with Gasteiger partial charge in [0.05, 0.1) is 11.0 Å². The van der Waals surface area contributed by atoms with E-state index in [4.69, 9.17) is 9.78 Å². The van der Waals surface area contributed by atoms with E-state index in [-0.39, 0.29) is 5.41 Å². The zero-order valence-corrected chi connectivity index (χ0v) is 18.3. The van der Waals surface area contributed by atoms with E-state index in [1.165, 1.54) is 0 Å². The van der Waals surface area contributed by atoms with Crippen LogP contribution >= 0.6 is 0 Å². The molecule has 1 N–H and O–H groups in total. The predicted octanol–water partition coefficient (Wildman–Crippen LogP) is 6.24. The summed E-state index contributed by atoms with van der Waals surface area (Å²) in [4.78, 5) is 23.1. The zero-order valence-electron chi connectivity index (χ0n) is 18.3. The fourth-order valence-electron chi connectivity index (χ4n) is 3.15. The van der Waals surface area contributed by atoms with E-state index in [9.17, 15) is 9.90 Å². The van der Waals surface area contributed by atoms with Gasteiger partial charge in [-0.1, -0.05) is 54.4 Å². The smallest absolute Gasteiger partial charge is 0.311 e. The van der Waals surface area contributed by atoms with E-state index in [1.54, 1.807) is 13.8 Å². The fourth-order valence-corrected chi connectivity index (χ4v) is 3.15. The van der Waals surface area contributed by atoms with Gasteiger partial charge in [-0.3, -0.25) is 4.79 Å². The van der Waals surface area contributed by atoms with Crippen LogP contribution < -0.4 is 0 Å². The van der Waals surface area contributed by atoms with Gasteiger partial charge in [-0.25, -0.2) is 9.78 Å². The van der Waals surface area contributed by atoms with Crippen molar-refractivity contribution in [3.63, 3.8) is 0 Å². The van der Waals surface area contributed by atoms with Crippen molar-refractivity contribution in [1.29, 1.82) is 0 Å². The van der Waals surface area contributed by atoms with E-state index in [0.717, 1.165) is 25.7 Å². The number of carboxylic acid groups (broad SMARTS) is 1. The SMILES string of the molecule is CC(C)(C)CCCCC(OOC(C)(C)CC(C)(C)C)C(C)(C)C(=O)O. The number of carboxylic acids is 1. The van der Waals surface area contributed by atoms with Gasteiger partial charge >= 0.3 is 5.97 Å². The summed E-state index contributed by atoms with van der Waals surface area (Å²) < 4.78 is 0. The minimum atomic E-state index is -0.987. The van der Waals surface area contributed by atoms with Crippen molar-refractivity contribution in [3.8, 4) is 0 Å². The van der Waals surface area contributed by atoms with Gasteiger partial charge in [0.25, 0.3) is 0 Å². The van der Waals surface area contributed by atoms with Gasteiger partial charge in [0, 0.05) is 0 Å². The second kappa shape index (κ2) is 8.85. The molecule has 0 aromatic heterocycles. The van der Waals surface area contributed by atoms with Crippen LogP contribution in [0.4, 0.5) is 0 Å². The molecule has 0 aromatic carbocycles. The van der Waals surface area contributed by atoms with Crippen LogP contribution in [0, 0.1) is 16.2 Å². The number of aliphatic carboxylic acids is 1. The molecule has 0 fully saturated rings. The molecule has 0 aromatic rings. The number of hydrogen-bond donors (Lipinski definition) is 1. The van der Waals surface area contributed by atoms with Crippen LogP contribution in [0.25, 0.3) is 0 Å². The Hall–Kier alpha value is -0.610. The molecule has 4 heteroatoms. The molecule has 0 saturated carbocycles. The number of hydrogen-bond acceptors (Lipinski definition) is 3. The first-order chi connectivity index (χ1) is 11.0. The van der Waals surface area contributed by atoms with Crippen molar-refractivity contribution in [2.24, 2.45) is 16.2 Å². The molecule has 0 saturated heterocycles. The Labute approximate surface area is 155 Å². The van der Waals surface area contributed by atoms with Gasteiger partial charge < -0.3 is 5.11 Å². The molecular weight excluding hydrogens is 316 g/mol. The summed E-state index contributed by atoms with van der Waals surface area (Å²) in [6.07, 6.45) is 4.14. The molecule has 1 unspecified atom stereocenters. The zero-order chi connectivity index (χ0) is 20.1. The third-order valence-corrected chi connectivity index (χ3v) is 4.35. The summed E-state index contributed by atoms with van der Waals surface area (Å²) in [6, 6.07) is 0. The van der Waals surface area contributed by atoms with E-state index in [0.29, 0.717) is 11.8 Å². The third kappa shape index (κ3) is 10.9. The van der Waals surface area contributed by atoms with Gasteiger partial charge in [-0.2, -0.15) is 0 Å². The van der Waals surface area contributed by atoms with Crippen LogP contribution in [0.15, 0.2) is 0 Å². The lowest BCUT2D eigenvalue weighted by atomic mass is 9.82. The van der Waals surface area contributed by atoms with E-state index in [1.807, 2.05) is 13.8 Å². The summed E-state index contributed by atoms with van der Waals surface area (Å²) in [5.41, 5.74) is -1.04.